The third kappa shape index (κ3) is 6.02. The van der Waals surface area contributed by atoms with Crippen LogP contribution in [-0.4, -0.2) is 73.2 Å². The van der Waals surface area contributed by atoms with Gasteiger partial charge in [-0.05, 0) is 39.0 Å². The number of nitrogens with zero attached hydrogens (tertiary/aromatic N) is 2. The van der Waals surface area contributed by atoms with Crippen LogP contribution in [0.3, 0.4) is 0 Å². The maximum absolute atomic E-state index is 12.4. The molecule has 9 heteroatoms. The smallest absolute Gasteiger partial charge is 0.410 e. The van der Waals surface area contributed by atoms with Crippen molar-refractivity contribution in [3.8, 4) is 0 Å². The van der Waals surface area contributed by atoms with Crippen molar-refractivity contribution in [1.29, 1.82) is 0 Å². The normalized spacial score (nSPS) is 14.5. The van der Waals surface area contributed by atoms with Gasteiger partial charge in [0.25, 0.3) is 0 Å². The average molecular weight is 412 g/mol. The molecule has 1 aliphatic rings. The first-order valence-electron chi connectivity index (χ1n) is 8.98. The zero-order chi connectivity index (χ0) is 20.9. The van der Waals surface area contributed by atoms with Crippen LogP contribution in [0.25, 0.3) is 0 Å². The van der Waals surface area contributed by atoms with Gasteiger partial charge in [-0.2, -0.15) is 0 Å². The van der Waals surface area contributed by atoms with Crippen LogP contribution >= 0.6 is 11.6 Å². The highest BCUT2D eigenvalue weighted by atomic mass is 35.5. The lowest BCUT2D eigenvalue weighted by Gasteiger charge is -2.35. The fraction of sp³-hybridized carbons (Fsp3) is 0.526. The van der Waals surface area contributed by atoms with Crippen LogP contribution in [0.1, 0.15) is 31.1 Å². The first-order valence-corrected chi connectivity index (χ1v) is 9.36. The van der Waals surface area contributed by atoms with Crippen molar-refractivity contribution >= 4 is 35.3 Å². The second kappa shape index (κ2) is 9.14. The molecule has 1 saturated heterocycles. The highest BCUT2D eigenvalue weighted by molar-refractivity contribution is 6.33. The van der Waals surface area contributed by atoms with E-state index in [0.29, 0.717) is 31.9 Å². The number of carbonyl (C=O) groups excluding carboxylic acids is 3. The van der Waals surface area contributed by atoms with Gasteiger partial charge >= 0.3 is 12.1 Å². The molecule has 28 heavy (non-hydrogen) atoms. The zero-order valence-corrected chi connectivity index (χ0v) is 17.3. The lowest BCUT2D eigenvalue weighted by molar-refractivity contribution is -0.131. The minimum atomic E-state index is -0.546. The average Bonchev–Trinajstić information content (AvgIpc) is 2.65. The molecule has 1 heterocycles. The van der Waals surface area contributed by atoms with Gasteiger partial charge in [-0.3, -0.25) is 4.79 Å². The number of hydrogen-bond acceptors (Lipinski definition) is 6. The summed E-state index contributed by atoms with van der Waals surface area (Å²) in [6.07, 6.45) is -0.366. The molecule has 1 N–H and O–H groups in total. The van der Waals surface area contributed by atoms with Gasteiger partial charge in [-0.1, -0.05) is 11.6 Å². The van der Waals surface area contributed by atoms with Gasteiger partial charge < -0.3 is 24.6 Å². The Hall–Kier alpha value is -2.48. The molecule has 2 amide bonds. The predicted octanol–water partition coefficient (Wildman–Crippen LogP) is 2.62. The lowest BCUT2D eigenvalue weighted by atomic mass is 10.2. The third-order valence-corrected chi connectivity index (χ3v) is 4.43. The molecule has 0 radical (unpaired) electrons. The van der Waals surface area contributed by atoms with Gasteiger partial charge in [-0.25, -0.2) is 9.59 Å². The van der Waals surface area contributed by atoms with Crippen LogP contribution in [0.4, 0.5) is 10.5 Å². The summed E-state index contributed by atoms with van der Waals surface area (Å²) in [5.74, 6) is -0.642. The maximum atomic E-state index is 12.4. The molecule has 0 aromatic heterocycles. The lowest BCUT2D eigenvalue weighted by Crippen LogP contribution is -2.52. The van der Waals surface area contributed by atoms with Gasteiger partial charge in [-0.15, -0.1) is 0 Å². The molecule has 0 spiro atoms. The van der Waals surface area contributed by atoms with Gasteiger partial charge in [0.15, 0.2) is 0 Å². The molecule has 1 fully saturated rings. The summed E-state index contributed by atoms with van der Waals surface area (Å²) in [6.45, 7) is 7.24. The molecular weight excluding hydrogens is 386 g/mol. The van der Waals surface area contributed by atoms with Crippen LogP contribution < -0.4 is 5.32 Å². The first-order chi connectivity index (χ1) is 13.1. The number of benzene rings is 1. The molecule has 8 nitrogen and oxygen atoms in total. The van der Waals surface area contributed by atoms with Crippen molar-refractivity contribution in [1.82, 2.24) is 9.80 Å². The van der Waals surface area contributed by atoms with Crippen molar-refractivity contribution in [3.63, 3.8) is 0 Å². The molecule has 0 saturated carbocycles. The molecule has 0 aliphatic carbocycles. The monoisotopic (exact) mass is 411 g/mol. The van der Waals surface area contributed by atoms with Crippen molar-refractivity contribution in [2.24, 2.45) is 0 Å². The Kier molecular flexibility index (Phi) is 7.12. The number of rotatable bonds is 4. The summed E-state index contributed by atoms with van der Waals surface area (Å²) in [4.78, 5) is 39.5. The number of carbonyl (C=O) groups is 3. The fourth-order valence-electron chi connectivity index (χ4n) is 2.66. The van der Waals surface area contributed by atoms with E-state index in [0.717, 1.165) is 0 Å². The zero-order valence-electron chi connectivity index (χ0n) is 16.6. The Bertz CT molecular complexity index is 740. The first kappa shape index (κ1) is 21.8. The van der Waals surface area contributed by atoms with Crippen LogP contribution in [0.15, 0.2) is 18.2 Å². The number of piperazine rings is 1. The SMILES string of the molecule is COC(=O)c1cc(NCC(=O)N2CCN(C(=O)OC(C)(C)C)CC2)ccc1Cl. The van der Waals surface area contributed by atoms with E-state index in [2.05, 4.69) is 10.1 Å². The predicted molar refractivity (Wildman–Crippen MR) is 106 cm³/mol. The van der Waals surface area contributed by atoms with Crippen LogP contribution in [-0.2, 0) is 14.3 Å². The number of amides is 2. The van der Waals surface area contributed by atoms with E-state index in [9.17, 15) is 14.4 Å². The van der Waals surface area contributed by atoms with E-state index in [4.69, 9.17) is 16.3 Å². The molecule has 0 unspecified atom stereocenters. The van der Waals surface area contributed by atoms with Gasteiger partial charge in [0.1, 0.15) is 5.60 Å². The Morgan fingerprint density at radius 2 is 1.71 bits per heavy atom. The van der Waals surface area contributed by atoms with Gasteiger partial charge in [0.05, 0.1) is 24.2 Å². The molecular formula is C19H26ClN3O5. The van der Waals surface area contributed by atoms with E-state index in [1.807, 2.05) is 20.8 Å². The molecule has 1 aromatic rings. The number of anilines is 1. The fourth-order valence-corrected chi connectivity index (χ4v) is 2.85. The Morgan fingerprint density at radius 3 is 2.29 bits per heavy atom. The van der Waals surface area contributed by atoms with E-state index < -0.39 is 11.6 Å². The minimum absolute atomic E-state index is 0.0642. The second-order valence-corrected chi connectivity index (χ2v) is 7.80. The number of hydrogen-bond donors (Lipinski definition) is 1. The summed E-state index contributed by atoms with van der Waals surface area (Å²) in [6, 6.07) is 4.80. The second-order valence-electron chi connectivity index (χ2n) is 7.39. The van der Waals surface area contributed by atoms with E-state index in [-0.39, 0.29) is 29.1 Å². The molecule has 1 aliphatic heterocycles. The third-order valence-electron chi connectivity index (χ3n) is 4.10. The van der Waals surface area contributed by atoms with E-state index in [1.165, 1.54) is 7.11 Å². The summed E-state index contributed by atoms with van der Waals surface area (Å²) in [5, 5.41) is 3.27. The van der Waals surface area contributed by atoms with Crippen LogP contribution in [0.5, 0.6) is 0 Å². The Balaban J connectivity index is 1.85. The highest BCUT2D eigenvalue weighted by Gasteiger charge is 2.27. The number of esters is 1. The van der Waals surface area contributed by atoms with E-state index in [1.54, 1.807) is 28.0 Å². The van der Waals surface area contributed by atoms with Gasteiger partial charge in [0.2, 0.25) is 5.91 Å². The highest BCUT2D eigenvalue weighted by Crippen LogP contribution is 2.21. The number of nitrogens with one attached hydrogen (secondary N) is 1. The molecule has 0 bridgehead atoms. The van der Waals surface area contributed by atoms with Crippen LogP contribution in [0.2, 0.25) is 5.02 Å². The molecule has 1 aromatic carbocycles. The standard InChI is InChI=1S/C19H26ClN3O5/c1-19(2,3)28-18(26)23-9-7-22(8-10-23)16(24)12-21-13-5-6-15(20)14(11-13)17(25)27-4/h5-6,11,21H,7-10,12H2,1-4H3. The molecule has 0 atom stereocenters. The van der Waals surface area contributed by atoms with Crippen LogP contribution in [0, 0.1) is 0 Å². The van der Waals surface area contributed by atoms with Crippen molar-refractivity contribution in [2.45, 2.75) is 26.4 Å². The number of ether oxygens (including phenoxy) is 2. The largest absolute Gasteiger partial charge is 0.465 e. The van der Waals surface area contributed by atoms with Crippen molar-refractivity contribution in [2.75, 3.05) is 45.2 Å². The Labute approximate surface area is 169 Å². The minimum Gasteiger partial charge on any atom is -0.465 e. The van der Waals surface area contributed by atoms with Gasteiger partial charge in [0, 0.05) is 31.9 Å². The van der Waals surface area contributed by atoms with Crippen molar-refractivity contribution < 1.29 is 23.9 Å². The molecule has 2 rings (SSSR count). The number of halogens is 1. The summed E-state index contributed by atoms with van der Waals surface area (Å²) < 4.78 is 10.0. The molecule has 154 valence electrons. The van der Waals surface area contributed by atoms with Crippen molar-refractivity contribution in [3.05, 3.63) is 28.8 Å². The summed E-state index contributed by atoms with van der Waals surface area (Å²) in [5.41, 5.74) is 0.272. The number of methoxy groups -OCH3 is 1. The Morgan fingerprint density at radius 1 is 1.11 bits per heavy atom. The maximum Gasteiger partial charge on any atom is 0.410 e. The quantitative estimate of drug-likeness (QED) is 0.766. The summed E-state index contributed by atoms with van der Waals surface area (Å²) in [7, 11) is 1.28. The topological polar surface area (TPSA) is 88.2 Å². The van der Waals surface area contributed by atoms with E-state index >= 15 is 0 Å². The summed E-state index contributed by atoms with van der Waals surface area (Å²) >= 11 is 5.99.